The van der Waals surface area contributed by atoms with E-state index in [1.165, 1.54) is 23.5 Å². The summed E-state index contributed by atoms with van der Waals surface area (Å²) < 4.78 is 15.1. The number of amides is 1. The van der Waals surface area contributed by atoms with E-state index in [0.717, 1.165) is 45.7 Å². The van der Waals surface area contributed by atoms with Gasteiger partial charge in [-0.25, -0.2) is 14.4 Å². The normalized spacial score (nSPS) is 15.9. The zero-order chi connectivity index (χ0) is 25.9. The first-order valence-corrected chi connectivity index (χ1v) is 13.5. The smallest absolute Gasteiger partial charge is 0.237 e. The Hall–Kier alpha value is -3.28. The van der Waals surface area contributed by atoms with Crippen LogP contribution in [0.4, 0.5) is 16.0 Å². The Bertz CT molecular complexity index is 1390. The van der Waals surface area contributed by atoms with E-state index in [9.17, 15) is 14.3 Å². The van der Waals surface area contributed by atoms with Crippen molar-refractivity contribution in [3.05, 3.63) is 58.3 Å². The third kappa shape index (κ3) is 5.25. The van der Waals surface area contributed by atoms with Crippen molar-refractivity contribution in [3.8, 4) is 11.3 Å². The van der Waals surface area contributed by atoms with Crippen LogP contribution in [-0.2, 0) is 17.8 Å². The summed E-state index contributed by atoms with van der Waals surface area (Å²) in [5.74, 6) is 0.981. The molecule has 1 atom stereocenters. The van der Waals surface area contributed by atoms with Crippen LogP contribution >= 0.6 is 22.9 Å². The highest BCUT2D eigenvalue weighted by Crippen LogP contribution is 2.25. The fourth-order valence-corrected chi connectivity index (χ4v) is 5.39. The molecule has 1 aliphatic heterocycles. The molecule has 0 saturated carbocycles. The number of carbonyl (C=O) groups is 1. The van der Waals surface area contributed by atoms with Gasteiger partial charge in [0.05, 0.1) is 30.6 Å². The third-order valence-electron chi connectivity index (χ3n) is 6.42. The number of piperazine rings is 1. The van der Waals surface area contributed by atoms with E-state index in [0.29, 0.717) is 26.2 Å². The number of aromatic nitrogens is 4. The van der Waals surface area contributed by atoms with Crippen molar-refractivity contribution in [1.82, 2.24) is 24.5 Å². The summed E-state index contributed by atoms with van der Waals surface area (Å²) in [6.07, 6.45) is 0.728. The molecule has 0 bridgehead atoms. The van der Waals surface area contributed by atoms with Crippen molar-refractivity contribution < 1.29 is 14.3 Å². The number of aliphatic hydroxyl groups excluding tert-OH is 1. The Morgan fingerprint density at radius 2 is 2.03 bits per heavy atom. The van der Waals surface area contributed by atoms with Crippen LogP contribution < -0.4 is 10.2 Å². The largest absolute Gasteiger partial charge is 0.394 e. The number of benzene rings is 1. The van der Waals surface area contributed by atoms with Crippen LogP contribution in [0.1, 0.15) is 17.6 Å². The Balaban J connectivity index is 1.36. The van der Waals surface area contributed by atoms with Crippen LogP contribution in [0.2, 0.25) is 0 Å². The number of fused-ring (bicyclic) bond motifs is 1. The highest BCUT2D eigenvalue weighted by molar-refractivity contribution is 7.10. The summed E-state index contributed by atoms with van der Waals surface area (Å²) in [5.41, 5.74) is 3.30. The van der Waals surface area contributed by atoms with Gasteiger partial charge < -0.3 is 20.2 Å². The van der Waals surface area contributed by atoms with Crippen molar-refractivity contribution in [1.29, 1.82) is 0 Å². The molecule has 1 amide bonds. The number of alkyl halides is 1. The maximum absolute atomic E-state index is 13.3. The second kappa shape index (κ2) is 11.0. The topological polar surface area (TPSA) is 98.9 Å². The number of aliphatic hydroxyl groups is 1. The quantitative estimate of drug-likeness (QED) is 0.329. The molecule has 12 heteroatoms. The monoisotopic (exact) mass is 543 g/mol. The van der Waals surface area contributed by atoms with E-state index >= 15 is 0 Å². The molecule has 4 heterocycles. The molecule has 5 rings (SSSR count). The van der Waals surface area contributed by atoms with E-state index in [-0.39, 0.29) is 30.3 Å². The molecule has 0 radical (unpaired) electrons. The molecule has 0 aliphatic carbocycles. The molecule has 1 unspecified atom stereocenters. The van der Waals surface area contributed by atoms with Crippen molar-refractivity contribution in [2.24, 2.45) is 0 Å². The lowest BCUT2D eigenvalue weighted by Gasteiger charge is -2.40. The molecule has 37 heavy (non-hydrogen) atoms. The van der Waals surface area contributed by atoms with E-state index in [4.69, 9.17) is 26.7 Å². The summed E-state index contributed by atoms with van der Waals surface area (Å²) in [4.78, 5) is 25.2. The zero-order valence-electron chi connectivity index (χ0n) is 20.3. The lowest BCUT2D eigenvalue weighted by molar-refractivity contribution is -0.132. The Morgan fingerprint density at radius 3 is 2.76 bits per heavy atom. The molecule has 1 saturated heterocycles. The minimum absolute atomic E-state index is 0.102. The highest BCUT2D eigenvalue weighted by Gasteiger charge is 2.30. The molecular weight excluding hydrogens is 517 g/mol. The van der Waals surface area contributed by atoms with E-state index in [2.05, 4.69) is 10.2 Å². The molecule has 0 spiro atoms. The summed E-state index contributed by atoms with van der Waals surface area (Å²) in [7, 11) is 0. The average molecular weight is 544 g/mol. The maximum atomic E-state index is 13.3. The van der Waals surface area contributed by atoms with Crippen molar-refractivity contribution in [2.75, 3.05) is 42.3 Å². The van der Waals surface area contributed by atoms with Crippen LogP contribution in [-0.4, -0.2) is 73.7 Å². The number of hydrogen-bond acceptors (Lipinski definition) is 8. The van der Waals surface area contributed by atoms with Crippen LogP contribution in [0.25, 0.3) is 16.9 Å². The lowest BCUT2D eigenvalue weighted by Crippen LogP contribution is -2.57. The van der Waals surface area contributed by atoms with E-state index < -0.39 is 0 Å². The van der Waals surface area contributed by atoms with Crippen LogP contribution in [0.5, 0.6) is 0 Å². The predicted molar refractivity (Wildman–Crippen MR) is 143 cm³/mol. The molecule has 3 aromatic heterocycles. The Morgan fingerprint density at radius 1 is 1.22 bits per heavy atom. The SMILES string of the molecule is CCc1nc2ccc(N3CCN(C(=O)CCl)C(CO)C3)nn2c1NCc1nc(-c2ccc(F)cc2)cs1. The molecule has 1 fully saturated rings. The number of rotatable bonds is 8. The van der Waals surface area contributed by atoms with Gasteiger partial charge in [0.1, 0.15) is 22.5 Å². The fraction of sp³-hybridized carbons (Fsp3) is 0.360. The zero-order valence-corrected chi connectivity index (χ0v) is 21.8. The molecule has 1 aliphatic rings. The van der Waals surface area contributed by atoms with Crippen molar-refractivity contribution >= 4 is 46.1 Å². The van der Waals surface area contributed by atoms with Gasteiger partial charge in [-0.15, -0.1) is 28.0 Å². The first-order valence-electron chi connectivity index (χ1n) is 12.0. The Kier molecular flexibility index (Phi) is 7.54. The predicted octanol–water partition coefficient (Wildman–Crippen LogP) is 3.41. The number of thiazole rings is 1. The van der Waals surface area contributed by atoms with E-state index in [1.807, 2.05) is 24.4 Å². The number of aryl methyl sites for hydroxylation is 1. The average Bonchev–Trinajstić information content (AvgIpc) is 3.55. The van der Waals surface area contributed by atoms with Crippen LogP contribution in [0.15, 0.2) is 41.8 Å². The van der Waals surface area contributed by atoms with Gasteiger partial charge in [0, 0.05) is 30.6 Å². The van der Waals surface area contributed by atoms with Crippen LogP contribution in [0.3, 0.4) is 0 Å². The van der Waals surface area contributed by atoms with Gasteiger partial charge in [0.15, 0.2) is 11.5 Å². The van der Waals surface area contributed by atoms with Gasteiger partial charge in [-0.2, -0.15) is 4.52 Å². The molecule has 194 valence electrons. The Labute approximate surface area is 222 Å². The van der Waals surface area contributed by atoms with Gasteiger partial charge in [-0.3, -0.25) is 4.79 Å². The van der Waals surface area contributed by atoms with Gasteiger partial charge in [-0.1, -0.05) is 6.92 Å². The third-order valence-corrected chi connectivity index (χ3v) is 7.50. The summed E-state index contributed by atoms with van der Waals surface area (Å²) in [6, 6.07) is 9.80. The fourth-order valence-electron chi connectivity index (χ4n) is 4.49. The minimum atomic E-state index is -0.343. The number of imidazole rings is 1. The molecule has 2 N–H and O–H groups in total. The summed E-state index contributed by atoms with van der Waals surface area (Å²) in [6.45, 7) is 3.90. The molecule has 4 aromatic rings. The molecule has 1 aromatic carbocycles. The minimum Gasteiger partial charge on any atom is -0.394 e. The molecule has 9 nitrogen and oxygen atoms in total. The maximum Gasteiger partial charge on any atom is 0.237 e. The first kappa shape index (κ1) is 25.4. The van der Waals surface area contributed by atoms with Crippen molar-refractivity contribution in [2.45, 2.75) is 25.9 Å². The number of anilines is 2. The van der Waals surface area contributed by atoms with E-state index in [1.54, 1.807) is 21.5 Å². The number of nitrogens with zero attached hydrogens (tertiary/aromatic N) is 6. The van der Waals surface area contributed by atoms with Gasteiger partial charge in [0.2, 0.25) is 5.91 Å². The van der Waals surface area contributed by atoms with Crippen LogP contribution in [0, 0.1) is 5.82 Å². The second-order valence-electron chi connectivity index (χ2n) is 8.71. The number of hydrogen-bond donors (Lipinski definition) is 2. The second-order valence-corrected chi connectivity index (χ2v) is 9.92. The van der Waals surface area contributed by atoms with Gasteiger partial charge in [-0.05, 0) is 42.8 Å². The summed E-state index contributed by atoms with van der Waals surface area (Å²) >= 11 is 7.27. The summed E-state index contributed by atoms with van der Waals surface area (Å²) in [5, 5.41) is 21.0. The first-order chi connectivity index (χ1) is 18.0. The van der Waals surface area contributed by atoms with Gasteiger partial charge >= 0.3 is 0 Å². The van der Waals surface area contributed by atoms with Gasteiger partial charge in [0.25, 0.3) is 0 Å². The molecular formula is C25H27ClFN7O2S. The van der Waals surface area contributed by atoms with Crippen molar-refractivity contribution in [3.63, 3.8) is 0 Å². The standard InChI is InChI=1S/C25H27ClFN7O2S/c1-2-19-25(28-12-23-30-20(15-37-23)16-3-5-17(27)6-4-16)34-21(29-19)7-8-22(31-34)32-9-10-33(24(36)11-26)18(13-32)14-35/h3-8,15,18,28,35H,2,9-14H2,1H3. The number of halogens is 2. The number of carbonyl (C=O) groups excluding carboxylic acids is 1. The lowest BCUT2D eigenvalue weighted by atomic mass is 10.1. The number of nitrogens with one attached hydrogen (secondary N) is 1. The highest BCUT2D eigenvalue weighted by atomic mass is 35.5.